The highest BCUT2D eigenvalue weighted by Crippen LogP contribution is 2.46. The van der Waals surface area contributed by atoms with Crippen LogP contribution >= 0.6 is 27.3 Å². The molecule has 0 spiro atoms. The van der Waals surface area contributed by atoms with Crippen LogP contribution in [0, 0.1) is 5.92 Å². The summed E-state index contributed by atoms with van der Waals surface area (Å²) >= 11 is 4.75. The predicted molar refractivity (Wildman–Crippen MR) is 175 cm³/mol. The van der Waals surface area contributed by atoms with E-state index in [1.807, 2.05) is 35.2 Å². The Bertz CT molecular complexity index is 1440. The summed E-state index contributed by atoms with van der Waals surface area (Å²) in [6.45, 7) is 7.69. The number of hydrogen-bond donors (Lipinski definition) is 1. The van der Waals surface area contributed by atoms with E-state index in [1.165, 1.54) is 18.4 Å². The minimum Gasteiger partial charge on any atom is -0.493 e. The van der Waals surface area contributed by atoms with Crippen molar-refractivity contribution in [1.29, 1.82) is 0 Å². The van der Waals surface area contributed by atoms with Gasteiger partial charge in [-0.1, -0.05) is 44.2 Å². The minimum atomic E-state index is -0.561. The maximum absolute atomic E-state index is 13.1. The smallest absolute Gasteiger partial charge is 0.351 e. The van der Waals surface area contributed by atoms with Crippen molar-refractivity contribution in [3.05, 3.63) is 62.9 Å². The molecule has 0 bridgehead atoms. The lowest BCUT2D eigenvalue weighted by atomic mass is 9.98. The Morgan fingerprint density at radius 2 is 1.68 bits per heavy atom. The second kappa shape index (κ2) is 15.9. The number of aryl methyl sites for hydroxylation is 2. The van der Waals surface area contributed by atoms with Gasteiger partial charge in [0.25, 0.3) is 0 Å². The normalized spacial score (nSPS) is 13.3. The van der Waals surface area contributed by atoms with Gasteiger partial charge in [0.1, 0.15) is 5.75 Å². The Morgan fingerprint density at radius 3 is 2.32 bits per heavy atom. The summed E-state index contributed by atoms with van der Waals surface area (Å²) in [7, 11) is 1.30. The van der Waals surface area contributed by atoms with Gasteiger partial charge in [-0.3, -0.25) is 0 Å². The quantitative estimate of drug-likeness (QED) is 0.199. The lowest BCUT2D eigenvalue weighted by Gasteiger charge is -2.32. The van der Waals surface area contributed by atoms with Gasteiger partial charge in [-0.2, -0.15) is 0 Å². The molecule has 1 aliphatic heterocycles. The van der Waals surface area contributed by atoms with Gasteiger partial charge in [0, 0.05) is 18.8 Å². The molecule has 4 rings (SSSR count). The van der Waals surface area contributed by atoms with E-state index in [2.05, 4.69) is 47.2 Å². The van der Waals surface area contributed by atoms with Gasteiger partial charge in [-0.15, -0.1) is 11.3 Å². The van der Waals surface area contributed by atoms with E-state index in [4.69, 9.17) is 18.9 Å². The summed E-state index contributed by atoms with van der Waals surface area (Å²) in [6, 6.07) is 13.7. The van der Waals surface area contributed by atoms with Gasteiger partial charge in [0.15, 0.2) is 17.2 Å². The van der Waals surface area contributed by atoms with Crippen LogP contribution in [-0.4, -0.2) is 62.9 Å². The van der Waals surface area contributed by atoms with Crippen LogP contribution in [0.5, 0.6) is 11.5 Å². The number of hydrogen-bond acceptors (Lipinski definition) is 8. The minimum absolute atomic E-state index is 0.0499. The van der Waals surface area contributed by atoms with E-state index in [9.17, 15) is 14.4 Å². The van der Waals surface area contributed by atoms with Crippen molar-refractivity contribution in [2.45, 2.75) is 46.5 Å². The molecule has 1 saturated heterocycles. The molecule has 1 aromatic heterocycles. The summed E-state index contributed by atoms with van der Waals surface area (Å²) in [5.74, 6) is 0.154. The molecule has 0 aliphatic carbocycles. The van der Waals surface area contributed by atoms with E-state index >= 15 is 0 Å². The number of methoxy groups -OCH3 is 1. The van der Waals surface area contributed by atoms with Gasteiger partial charge in [0.2, 0.25) is 0 Å². The van der Waals surface area contributed by atoms with E-state index < -0.39 is 11.9 Å². The van der Waals surface area contributed by atoms with Crippen molar-refractivity contribution in [2.24, 2.45) is 5.92 Å². The van der Waals surface area contributed by atoms with Crippen LogP contribution in [0.15, 0.2) is 46.9 Å². The molecule has 2 heterocycles. The molecular formula is C33H39BrN2O7S. The zero-order valence-corrected chi connectivity index (χ0v) is 28.0. The highest BCUT2D eigenvalue weighted by molar-refractivity contribution is 9.10. The largest absolute Gasteiger partial charge is 0.493 e. The third-order valence-corrected chi connectivity index (χ3v) is 9.75. The number of esters is 2. The number of anilines is 1. The standard InChI is InChI=1S/C33H39BrN2O7S/c1-5-22-10-8-11-23(6-2)28(22)35-33(39)36-16-14-21(15-17-36)19-42-25-13-9-12-24(18-25)30-27(34)29(31(44-30)32(38)40-4)43-20-26(37)41-7-3/h8-13,18,21H,5-7,14-17,19-20H2,1-4H3,(H,35,39). The van der Waals surface area contributed by atoms with Crippen LogP contribution in [0.4, 0.5) is 10.5 Å². The van der Waals surface area contributed by atoms with Crippen molar-refractivity contribution >= 4 is 50.9 Å². The van der Waals surface area contributed by atoms with Crippen molar-refractivity contribution < 1.29 is 33.3 Å². The molecule has 0 unspecified atom stereocenters. The summed E-state index contributed by atoms with van der Waals surface area (Å²) in [6.07, 6.45) is 3.43. The first-order valence-corrected chi connectivity index (χ1v) is 16.5. The van der Waals surface area contributed by atoms with Crippen LogP contribution in [0.3, 0.4) is 0 Å². The molecule has 11 heteroatoms. The van der Waals surface area contributed by atoms with Gasteiger partial charge in [0.05, 0.1) is 29.7 Å². The lowest BCUT2D eigenvalue weighted by molar-refractivity contribution is -0.145. The molecule has 0 atom stereocenters. The number of para-hydroxylation sites is 1. The van der Waals surface area contributed by atoms with Gasteiger partial charge in [-0.25, -0.2) is 14.4 Å². The number of rotatable bonds is 12. The second-order valence-electron chi connectivity index (χ2n) is 10.3. The zero-order valence-electron chi connectivity index (χ0n) is 25.6. The number of piperidine rings is 1. The number of halogens is 1. The van der Waals surface area contributed by atoms with Crippen molar-refractivity contribution in [3.63, 3.8) is 0 Å². The number of amides is 2. The number of likely N-dealkylation sites (tertiary alicyclic amines) is 1. The number of thiophene rings is 1. The average Bonchev–Trinajstić information content (AvgIpc) is 3.38. The van der Waals surface area contributed by atoms with Crippen molar-refractivity contribution in [3.8, 4) is 21.9 Å². The summed E-state index contributed by atoms with van der Waals surface area (Å²) in [5, 5.41) is 3.18. The second-order valence-corrected chi connectivity index (χ2v) is 12.2. The molecule has 1 N–H and O–H groups in total. The summed E-state index contributed by atoms with van der Waals surface area (Å²) in [5.41, 5.74) is 4.07. The number of nitrogens with one attached hydrogen (secondary N) is 1. The van der Waals surface area contributed by atoms with Crippen LogP contribution < -0.4 is 14.8 Å². The molecular weight excluding hydrogens is 648 g/mol. The van der Waals surface area contributed by atoms with Crippen LogP contribution in [0.25, 0.3) is 10.4 Å². The molecule has 3 aromatic rings. The number of benzene rings is 2. The molecule has 9 nitrogen and oxygen atoms in total. The maximum Gasteiger partial charge on any atom is 0.351 e. The first-order valence-electron chi connectivity index (χ1n) is 14.9. The van der Waals surface area contributed by atoms with Gasteiger partial charge < -0.3 is 29.2 Å². The number of ether oxygens (including phenoxy) is 4. The number of carbonyl (C=O) groups excluding carboxylic acids is 3. The van der Waals surface area contributed by atoms with Crippen molar-refractivity contribution in [1.82, 2.24) is 4.90 Å². The fourth-order valence-electron chi connectivity index (χ4n) is 5.10. The third-order valence-electron chi connectivity index (χ3n) is 7.53. The zero-order chi connectivity index (χ0) is 31.6. The molecule has 2 aromatic carbocycles. The molecule has 44 heavy (non-hydrogen) atoms. The maximum atomic E-state index is 13.1. The van der Waals surface area contributed by atoms with E-state index in [1.54, 1.807) is 6.92 Å². The highest BCUT2D eigenvalue weighted by atomic mass is 79.9. The van der Waals surface area contributed by atoms with Crippen LogP contribution in [0.1, 0.15) is 54.4 Å². The van der Waals surface area contributed by atoms with E-state index in [-0.39, 0.29) is 29.9 Å². The average molecular weight is 688 g/mol. The Kier molecular flexibility index (Phi) is 12.1. The topological polar surface area (TPSA) is 103 Å². The molecule has 1 aliphatic rings. The molecule has 1 fully saturated rings. The Hall–Kier alpha value is -3.57. The van der Waals surface area contributed by atoms with Gasteiger partial charge in [-0.05, 0) is 83.3 Å². The monoisotopic (exact) mass is 686 g/mol. The first-order chi connectivity index (χ1) is 21.3. The Labute approximate surface area is 271 Å². The third kappa shape index (κ3) is 8.12. The SMILES string of the molecule is CCOC(=O)COc1c(C(=O)OC)sc(-c2cccc(OCC3CCN(C(=O)Nc4c(CC)cccc4CC)CC3)c2)c1Br. The van der Waals surface area contributed by atoms with E-state index in [0.29, 0.717) is 35.8 Å². The molecule has 0 saturated carbocycles. The number of carbonyl (C=O) groups is 3. The fraction of sp³-hybridized carbons (Fsp3) is 0.424. The number of urea groups is 1. The first kappa shape index (κ1) is 33.3. The molecule has 236 valence electrons. The Morgan fingerprint density at radius 1 is 1.00 bits per heavy atom. The molecule has 0 radical (unpaired) electrons. The molecule has 2 amide bonds. The Balaban J connectivity index is 1.37. The van der Waals surface area contributed by atoms with Crippen LogP contribution in [-0.2, 0) is 27.1 Å². The van der Waals surface area contributed by atoms with Gasteiger partial charge >= 0.3 is 18.0 Å². The lowest BCUT2D eigenvalue weighted by Crippen LogP contribution is -2.42. The predicted octanol–water partition coefficient (Wildman–Crippen LogP) is 7.35. The van der Waals surface area contributed by atoms with Crippen LogP contribution in [0.2, 0.25) is 0 Å². The van der Waals surface area contributed by atoms with E-state index in [0.717, 1.165) is 52.9 Å². The highest BCUT2D eigenvalue weighted by Gasteiger charge is 2.27. The summed E-state index contributed by atoms with van der Waals surface area (Å²) < 4.78 is 22.3. The van der Waals surface area contributed by atoms with Crippen molar-refractivity contribution in [2.75, 3.05) is 45.3 Å². The number of nitrogens with zero attached hydrogens (tertiary/aromatic N) is 1. The fourth-order valence-corrected chi connectivity index (χ4v) is 7.07. The summed E-state index contributed by atoms with van der Waals surface area (Å²) in [4.78, 5) is 40.3.